The van der Waals surface area contributed by atoms with Crippen LogP contribution in [0.2, 0.25) is 0 Å². The minimum Gasteiger partial charge on any atom is -0.468 e. The number of ether oxygens (including phenoxy) is 2. The Morgan fingerprint density at radius 2 is 1.78 bits per heavy atom. The number of hydrogen-bond acceptors (Lipinski definition) is 8. The third-order valence-electron chi connectivity index (χ3n) is 5.15. The van der Waals surface area contributed by atoms with Crippen LogP contribution < -0.4 is 16.4 Å². The number of methoxy groups -OCH3 is 1. The minimum atomic E-state index is -1.48. The van der Waals surface area contributed by atoms with Crippen LogP contribution in [0.4, 0.5) is 4.79 Å². The summed E-state index contributed by atoms with van der Waals surface area (Å²) >= 11 is 0. The normalized spacial score (nSPS) is 12.6. The highest BCUT2D eigenvalue weighted by atomic mass is 16.6. The molecule has 12 nitrogen and oxygen atoms in total. The standard InChI is InChI=1S/C24H36N4O8/c1-14-8-7-9-16(15(14)2)20(21(32)26-13-19(31)35-6)28(10-11-29)22(33)17(12-18(25)30)27-23(34)36-24(3,4)5/h7-9,17,20,29H,10-13H2,1-6H3,(H2,25,30)(H,26,32)(H,27,34). The number of nitrogens with one attached hydrogen (secondary N) is 2. The number of benzene rings is 1. The van der Waals surface area contributed by atoms with E-state index in [0.29, 0.717) is 11.1 Å². The summed E-state index contributed by atoms with van der Waals surface area (Å²) < 4.78 is 9.75. The fraction of sp³-hybridized carbons (Fsp3) is 0.542. The second-order valence-corrected chi connectivity index (χ2v) is 9.11. The van der Waals surface area contributed by atoms with Crippen LogP contribution in [0.25, 0.3) is 0 Å². The summed E-state index contributed by atoms with van der Waals surface area (Å²) in [5.74, 6) is -3.17. The van der Waals surface area contributed by atoms with Gasteiger partial charge in [0.05, 0.1) is 20.1 Å². The Hall–Kier alpha value is -3.67. The van der Waals surface area contributed by atoms with Crippen LogP contribution in [0.1, 0.15) is 49.9 Å². The van der Waals surface area contributed by atoms with E-state index in [1.807, 2.05) is 13.0 Å². The summed E-state index contributed by atoms with van der Waals surface area (Å²) in [6.07, 6.45) is -1.55. The zero-order valence-corrected chi connectivity index (χ0v) is 21.5. The zero-order chi connectivity index (χ0) is 27.6. The Morgan fingerprint density at radius 3 is 2.31 bits per heavy atom. The number of primary amides is 1. The van der Waals surface area contributed by atoms with Crippen molar-refractivity contribution in [2.24, 2.45) is 5.73 Å². The molecular weight excluding hydrogens is 472 g/mol. The summed E-state index contributed by atoms with van der Waals surface area (Å²) in [4.78, 5) is 63.7. The number of alkyl carbamates (subject to hydrolysis) is 1. The average Bonchev–Trinajstić information content (AvgIpc) is 2.77. The number of aliphatic hydroxyl groups excluding tert-OH is 1. The molecule has 0 bridgehead atoms. The molecule has 1 rings (SSSR count). The predicted molar refractivity (Wildman–Crippen MR) is 129 cm³/mol. The molecule has 1 aromatic rings. The van der Waals surface area contributed by atoms with E-state index in [-0.39, 0.29) is 6.54 Å². The van der Waals surface area contributed by atoms with Crippen molar-refractivity contribution in [3.8, 4) is 0 Å². The summed E-state index contributed by atoms with van der Waals surface area (Å²) in [5, 5.41) is 14.5. The molecule has 0 fully saturated rings. The van der Waals surface area contributed by atoms with Crippen molar-refractivity contribution in [1.82, 2.24) is 15.5 Å². The number of amides is 4. The van der Waals surface area contributed by atoms with Crippen molar-refractivity contribution in [2.75, 3.05) is 26.8 Å². The first kappa shape index (κ1) is 30.4. The molecule has 2 unspecified atom stereocenters. The average molecular weight is 509 g/mol. The highest BCUT2D eigenvalue weighted by Crippen LogP contribution is 2.27. The summed E-state index contributed by atoms with van der Waals surface area (Å²) in [6, 6.07) is 2.35. The van der Waals surface area contributed by atoms with Gasteiger partial charge in [-0.05, 0) is 51.3 Å². The third kappa shape index (κ3) is 9.17. The SMILES string of the molecule is COC(=O)CNC(=O)C(c1cccc(C)c1C)N(CCO)C(=O)C(CC(N)=O)NC(=O)OC(C)(C)C. The maximum Gasteiger partial charge on any atom is 0.408 e. The van der Waals surface area contributed by atoms with E-state index in [1.54, 1.807) is 39.8 Å². The molecule has 0 radical (unpaired) electrons. The highest BCUT2D eigenvalue weighted by Gasteiger charge is 2.37. The third-order valence-corrected chi connectivity index (χ3v) is 5.15. The van der Waals surface area contributed by atoms with Gasteiger partial charge in [-0.3, -0.25) is 19.2 Å². The van der Waals surface area contributed by atoms with Gasteiger partial charge in [-0.25, -0.2) is 4.79 Å². The van der Waals surface area contributed by atoms with Gasteiger partial charge in [-0.2, -0.15) is 0 Å². The van der Waals surface area contributed by atoms with Crippen molar-refractivity contribution in [1.29, 1.82) is 0 Å². The number of hydrogen-bond donors (Lipinski definition) is 4. The number of nitrogens with zero attached hydrogens (tertiary/aromatic N) is 1. The van der Waals surface area contributed by atoms with Gasteiger partial charge in [0.25, 0.3) is 0 Å². The van der Waals surface area contributed by atoms with Gasteiger partial charge in [0, 0.05) is 6.54 Å². The van der Waals surface area contributed by atoms with Gasteiger partial charge < -0.3 is 35.8 Å². The molecule has 36 heavy (non-hydrogen) atoms. The van der Waals surface area contributed by atoms with E-state index in [1.165, 1.54) is 0 Å². The number of esters is 1. The number of aliphatic hydroxyl groups is 1. The van der Waals surface area contributed by atoms with Crippen LogP contribution in [0.3, 0.4) is 0 Å². The van der Waals surface area contributed by atoms with Crippen molar-refractivity contribution in [2.45, 2.75) is 58.7 Å². The van der Waals surface area contributed by atoms with E-state index in [9.17, 15) is 29.1 Å². The first-order chi connectivity index (χ1) is 16.7. The van der Waals surface area contributed by atoms with Crippen molar-refractivity contribution in [3.05, 3.63) is 34.9 Å². The largest absolute Gasteiger partial charge is 0.468 e. The maximum atomic E-state index is 13.6. The molecule has 1 aromatic carbocycles. The Morgan fingerprint density at radius 1 is 1.14 bits per heavy atom. The predicted octanol–water partition coefficient (Wildman–Crippen LogP) is 0.223. The molecule has 200 valence electrons. The van der Waals surface area contributed by atoms with Crippen LogP contribution in [-0.4, -0.2) is 78.2 Å². The van der Waals surface area contributed by atoms with Crippen LogP contribution in [0, 0.1) is 13.8 Å². The van der Waals surface area contributed by atoms with Crippen LogP contribution in [0.15, 0.2) is 18.2 Å². The molecule has 5 N–H and O–H groups in total. The van der Waals surface area contributed by atoms with E-state index in [0.717, 1.165) is 17.6 Å². The Labute approximate surface area is 210 Å². The van der Waals surface area contributed by atoms with Crippen molar-refractivity contribution in [3.63, 3.8) is 0 Å². The Balaban J connectivity index is 3.51. The second kappa shape index (κ2) is 13.4. The van der Waals surface area contributed by atoms with Gasteiger partial charge in [-0.1, -0.05) is 18.2 Å². The minimum absolute atomic E-state index is 0.326. The summed E-state index contributed by atoms with van der Waals surface area (Å²) in [6.45, 7) is 7.12. The highest BCUT2D eigenvalue weighted by molar-refractivity contribution is 5.95. The molecule has 0 spiro atoms. The fourth-order valence-electron chi connectivity index (χ4n) is 3.37. The lowest BCUT2D eigenvalue weighted by Crippen LogP contribution is -2.55. The molecule has 2 atom stereocenters. The zero-order valence-electron chi connectivity index (χ0n) is 21.5. The first-order valence-corrected chi connectivity index (χ1v) is 11.3. The molecule has 4 amide bonds. The number of carbonyl (C=O) groups excluding carboxylic acids is 5. The molecule has 0 aliphatic heterocycles. The van der Waals surface area contributed by atoms with Crippen LogP contribution in [0.5, 0.6) is 0 Å². The summed E-state index contributed by atoms with van der Waals surface area (Å²) in [5.41, 5.74) is 6.38. The molecule has 0 aliphatic carbocycles. The van der Waals surface area contributed by atoms with E-state index in [4.69, 9.17) is 10.5 Å². The molecule has 0 aliphatic rings. The lowest BCUT2D eigenvalue weighted by molar-refractivity contribution is -0.145. The Bertz CT molecular complexity index is 973. The maximum absolute atomic E-state index is 13.6. The lowest BCUT2D eigenvalue weighted by Gasteiger charge is -2.34. The first-order valence-electron chi connectivity index (χ1n) is 11.3. The summed E-state index contributed by atoms with van der Waals surface area (Å²) in [7, 11) is 1.16. The molecule has 12 heteroatoms. The molecular formula is C24H36N4O8. The number of rotatable bonds is 11. The van der Waals surface area contributed by atoms with Crippen LogP contribution in [-0.2, 0) is 28.7 Å². The van der Waals surface area contributed by atoms with Gasteiger partial charge in [0.1, 0.15) is 24.2 Å². The van der Waals surface area contributed by atoms with Crippen molar-refractivity contribution >= 4 is 29.8 Å². The molecule has 0 aromatic heterocycles. The monoisotopic (exact) mass is 508 g/mol. The van der Waals surface area contributed by atoms with Crippen molar-refractivity contribution < 1.29 is 38.6 Å². The molecule has 0 saturated heterocycles. The Kier molecular flexibility index (Phi) is 11.3. The van der Waals surface area contributed by atoms with Gasteiger partial charge in [0.15, 0.2) is 0 Å². The smallest absolute Gasteiger partial charge is 0.408 e. The molecule has 0 saturated carbocycles. The van der Waals surface area contributed by atoms with E-state index >= 15 is 0 Å². The van der Waals surface area contributed by atoms with Gasteiger partial charge in [0.2, 0.25) is 17.7 Å². The number of nitrogens with two attached hydrogens (primary N) is 1. The topological polar surface area (TPSA) is 177 Å². The van der Waals surface area contributed by atoms with Gasteiger partial charge >= 0.3 is 12.1 Å². The second-order valence-electron chi connectivity index (χ2n) is 9.11. The lowest BCUT2D eigenvalue weighted by atomic mass is 9.95. The quantitative estimate of drug-likeness (QED) is 0.307. The van der Waals surface area contributed by atoms with Gasteiger partial charge in [-0.15, -0.1) is 0 Å². The molecule has 0 heterocycles. The number of carbonyl (C=O) groups is 5. The van der Waals surface area contributed by atoms with E-state index in [2.05, 4.69) is 15.4 Å². The van der Waals surface area contributed by atoms with Crippen LogP contribution >= 0.6 is 0 Å². The number of aryl methyl sites for hydroxylation is 1. The fourth-order valence-corrected chi connectivity index (χ4v) is 3.37. The van der Waals surface area contributed by atoms with E-state index < -0.39 is 67.0 Å².